The number of carbonyl (C=O) groups excluding carboxylic acids is 2. The topological polar surface area (TPSA) is 66.8 Å². The van der Waals surface area contributed by atoms with Crippen LogP contribution in [0.5, 0.6) is 5.75 Å². The summed E-state index contributed by atoms with van der Waals surface area (Å²) in [6.07, 6.45) is 2.76. The normalized spacial score (nSPS) is 18.1. The maximum absolute atomic E-state index is 13.0. The van der Waals surface area contributed by atoms with Gasteiger partial charge in [-0.25, -0.2) is 0 Å². The third-order valence-corrected chi connectivity index (χ3v) is 5.67. The van der Waals surface area contributed by atoms with Crippen molar-refractivity contribution in [3.63, 3.8) is 0 Å². The third-order valence-electron chi connectivity index (χ3n) is 5.15. The van der Waals surface area contributed by atoms with E-state index in [1.165, 1.54) is 0 Å². The number of ether oxygens (including phenoxy) is 1. The van der Waals surface area contributed by atoms with Crippen molar-refractivity contribution in [2.24, 2.45) is 0 Å². The minimum absolute atomic E-state index is 0.118. The van der Waals surface area contributed by atoms with Crippen molar-refractivity contribution in [2.45, 2.75) is 39.2 Å². The van der Waals surface area contributed by atoms with Crippen molar-refractivity contribution in [1.29, 1.82) is 0 Å². The molecule has 0 saturated carbocycles. The zero-order valence-electron chi connectivity index (χ0n) is 17.2. The van der Waals surface area contributed by atoms with E-state index in [2.05, 4.69) is 22.9 Å². The van der Waals surface area contributed by atoms with Crippen LogP contribution in [0.2, 0.25) is 0 Å². The average Bonchev–Trinajstić information content (AvgIpc) is 2.99. The monoisotopic (exact) mass is 471 g/mol. The first kappa shape index (κ1) is 22.1. The molecule has 2 aromatic carbocycles. The fourth-order valence-electron chi connectivity index (χ4n) is 3.69. The van der Waals surface area contributed by atoms with E-state index in [0.717, 1.165) is 29.3 Å². The molecule has 0 spiro atoms. The Morgan fingerprint density at radius 2 is 1.83 bits per heavy atom. The third kappa shape index (κ3) is 4.59. The first-order valence-corrected chi connectivity index (χ1v) is 11.0. The van der Waals surface area contributed by atoms with Gasteiger partial charge in [-0.3, -0.25) is 9.59 Å². The fourth-order valence-corrected chi connectivity index (χ4v) is 3.96. The van der Waals surface area contributed by atoms with E-state index < -0.39 is 17.7 Å². The molecule has 30 heavy (non-hydrogen) atoms. The molecule has 1 saturated heterocycles. The Morgan fingerprint density at radius 3 is 2.50 bits per heavy atom. The molecule has 1 heterocycles. The molecule has 3 rings (SSSR count). The molecule has 1 atom stereocenters. The summed E-state index contributed by atoms with van der Waals surface area (Å²) in [7, 11) is 0. The van der Waals surface area contributed by atoms with Crippen LogP contribution in [-0.4, -0.2) is 34.8 Å². The van der Waals surface area contributed by atoms with Gasteiger partial charge in [0.25, 0.3) is 11.7 Å². The maximum atomic E-state index is 13.0. The smallest absolute Gasteiger partial charge is 0.295 e. The highest BCUT2D eigenvalue weighted by Crippen LogP contribution is 2.40. The Labute approximate surface area is 185 Å². The van der Waals surface area contributed by atoms with Crippen LogP contribution >= 0.6 is 15.9 Å². The van der Waals surface area contributed by atoms with Crippen LogP contribution < -0.4 is 4.74 Å². The van der Waals surface area contributed by atoms with Gasteiger partial charge in [0.2, 0.25) is 0 Å². The highest BCUT2D eigenvalue weighted by Gasteiger charge is 2.45. The molecule has 2 aromatic rings. The highest BCUT2D eigenvalue weighted by molar-refractivity contribution is 9.10. The van der Waals surface area contributed by atoms with Gasteiger partial charge in [-0.2, -0.15) is 0 Å². The number of hydrogen-bond donors (Lipinski definition) is 1. The molecular formula is C24H26BrNO4. The van der Waals surface area contributed by atoms with Crippen molar-refractivity contribution in [3.8, 4) is 5.75 Å². The molecule has 5 nitrogen and oxygen atoms in total. The second-order valence-corrected chi connectivity index (χ2v) is 8.13. The van der Waals surface area contributed by atoms with E-state index in [4.69, 9.17) is 4.74 Å². The van der Waals surface area contributed by atoms with Crippen molar-refractivity contribution in [3.05, 3.63) is 69.7 Å². The summed E-state index contributed by atoms with van der Waals surface area (Å²) in [6.45, 7) is 4.96. The lowest BCUT2D eigenvalue weighted by Crippen LogP contribution is -2.30. The minimum Gasteiger partial charge on any atom is -0.507 e. The molecule has 1 unspecified atom stereocenters. The number of nitrogens with zero attached hydrogens (tertiary/aromatic N) is 1. The molecule has 158 valence electrons. The number of benzene rings is 2. The molecule has 1 fully saturated rings. The second-order valence-electron chi connectivity index (χ2n) is 7.21. The summed E-state index contributed by atoms with van der Waals surface area (Å²) in [4.78, 5) is 27.4. The van der Waals surface area contributed by atoms with E-state index in [9.17, 15) is 14.7 Å². The summed E-state index contributed by atoms with van der Waals surface area (Å²) in [5, 5.41) is 11.0. The number of halogens is 1. The van der Waals surface area contributed by atoms with Gasteiger partial charge >= 0.3 is 0 Å². The molecule has 0 aromatic heterocycles. The summed E-state index contributed by atoms with van der Waals surface area (Å²) in [6, 6.07) is 13.7. The van der Waals surface area contributed by atoms with Gasteiger partial charge in [0, 0.05) is 16.6 Å². The lowest BCUT2D eigenvalue weighted by atomic mass is 9.95. The number of rotatable bonds is 8. The predicted octanol–water partition coefficient (Wildman–Crippen LogP) is 5.46. The number of amides is 1. The summed E-state index contributed by atoms with van der Waals surface area (Å²) in [5.41, 5.74) is 1.36. The standard InChI is InChI=1S/C24H26BrNO4/c1-3-5-6-14-26-21(17-8-7-9-19(15-17)30-4-2)20(23(28)24(26)29)22(27)16-10-12-18(25)13-11-16/h7-13,15,21,27H,3-6,14H2,1-2H3/b22-20-. The number of carbonyl (C=O) groups is 2. The van der Waals surface area contributed by atoms with Gasteiger partial charge in [-0.15, -0.1) is 0 Å². The molecule has 1 aliphatic heterocycles. The largest absolute Gasteiger partial charge is 0.507 e. The van der Waals surface area contributed by atoms with Gasteiger partial charge in [0.1, 0.15) is 11.5 Å². The van der Waals surface area contributed by atoms with Crippen molar-refractivity contribution >= 4 is 33.4 Å². The van der Waals surface area contributed by atoms with E-state index in [1.807, 2.05) is 31.2 Å². The Morgan fingerprint density at radius 1 is 1.10 bits per heavy atom. The molecule has 1 N–H and O–H groups in total. The van der Waals surface area contributed by atoms with Gasteiger partial charge in [0.15, 0.2) is 0 Å². The lowest BCUT2D eigenvalue weighted by Gasteiger charge is -2.25. The van der Waals surface area contributed by atoms with Crippen LogP contribution in [0.25, 0.3) is 5.76 Å². The molecule has 0 radical (unpaired) electrons. The van der Waals surface area contributed by atoms with Gasteiger partial charge < -0.3 is 14.7 Å². The van der Waals surface area contributed by atoms with Gasteiger partial charge in [0.05, 0.1) is 18.2 Å². The first-order chi connectivity index (χ1) is 14.5. The molecule has 6 heteroatoms. The second kappa shape index (κ2) is 9.94. The van der Waals surface area contributed by atoms with Crippen LogP contribution in [0, 0.1) is 0 Å². The van der Waals surface area contributed by atoms with Crippen LogP contribution in [-0.2, 0) is 9.59 Å². The maximum Gasteiger partial charge on any atom is 0.295 e. The van der Waals surface area contributed by atoms with Crippen molar-refractivity contribution in [2.75, 3.05) is 13.2 Å². The predicted molar refractivity (Wildman–Crippen MR) is 120 cm³/mol. The Kier molecular flexibility index (Phi) is 7.32. The van der Waals surface area contributed by atoms with Crippen LogP contribution in [0.3, 0.4) is 0 Å². The van der Waals surface area contributed by atoms with E-state index in [0.29, 0.717) is 24.5 Å². The Bertz CT molecular complexity index is 952. The summed E-state index contributed by atoms with van der Waals surface area (Å²) < 4.78 is 6.48. The van der Waals surface area contributed by atoms with Gasteiger partial charge in [-0.1, -0.05) is 60.0 Å². The number of hydrogen-bond acceptors (Lipinski definition) is 4. The quantitative estimate of drug-likeness (QED) is 0.240. The first-order valence-electron chi connectivity index (χ1n) is 10.2. The number of aliphatic hydroxyl groups is 1. The van der Waals surface area contributed by atoms with Crippen LogP contribution in [0.1, 0.15) is 50.3 Å². The molecule has 0 aliphatic carbocycles. The average molecular weight is 472 g/mol. The molecular weight excluding hydrogens is 446 g/mol. The van der Waals surface area contributed by atoms with E-state index in [-0.39, 0.29) is 11.3 Å². The molecule has 0 bridgehead atoms. The SMILES string of the molecule is CCCCCN1C(=O)C(=O)/C(=C(\O)c2ccc(Br)cc2)C1c1cccc(OCC)c1. The zero-order valence-corrected chi connectivity index (χ0v) is 18.8. The Hall–Kier alpha value is -2.60. The van der Waals surface area contributed by atoms with Gasteiger partial charge in [-0.05, 0) is 43.2 Å². The molecule has 1 amide bonds. The molecule has 1 aliphatic rings. The number of aliphatic hydroxyl groups excluding tert-OH is 1. The van der Waals surface area contributed by atoms with Crippen LogP contribution in [0.15, 0.2) is 58.6 Å². The number of ketones is 1. The lowest BCUT2D eigenvalue weighted by molar-refractivity contribution is -0.139. The van der Waals surface area contributed by atoms with Crippen molar-refractivity contribution < 1.29 is 19.4 Å². The number of Topliss-reactive ketones (excluding diaryl/α,β-unsaturated/α-hetero) is 1. The number of unbranched alkanes of at least 4 members (excludes halogenated alkanes) is 2. The zero-order chi connectivity index (χ0) is 21.7. The van der Waals surface area contributed by atoms with Crippen LogP contribution in [0.4, 0.5) is 0 Å². The van der Waals surface area contributed by atoms with Crippen molar-refractivity contribution in [1.82, 2.24) is 4.90 Å². The highest BCUT2D eigenvalue weighted by atomic mass is 79.9. The minimum atomic E-state index is -0.654. The Balaban J connectivity index is 2.11. The summed E-state index contributed by atoms with van der Waals surface area (Å²) in [5.74, 6) is -0.723. The number of likely N-dealkylation sites (tertiary alicyclic amines) is 1. The summed E-state index contributed by atoms with van der Waals surface area (Å²) >= 11 is 3.37. The fraction of sp³-hybridized carbons (Fsp3) is 0.333. The van der Waals surface area contributed by atoms with E-state index in [1.54, 1.807) is 29.2 Å². The van der Waals surface area contributed by atoms with E-state index >= 15 is 0 Å².